The van der Waals surface area contributed by atoms with Crippen molar-refractivity contribution in [2.24, 2.45) is 7.05 Å². The summed E-state index contributed by atoms with van der Waals surface area (Å²) in [7, 11) is 1.61. The monoisotopic (exact) mass is 293 g/mol. The molecule has 1 aromatic heterocycles. The van der Waals surface area contributed by atoms with Gasteiger partial charge in [-0.3, -0.25) is 9.59 Å². The molecule has 0 saturated carbocycles. The van der Waals surface area contributed by atoms with Crippen LogP contribution in [0.5, 0.6) is 0 Å². The Morgan fingerprint density at radius 3 is 2.33 bits per heavy atom. The average molecular weight is 293 g/mol. The van der Waals surface area contributed by atoms with E-state index >= 15 is 0 Å². The number of aromatic nitrogens is 1. The summed E-state index contributed by atoms with van der Waals surface area (Å²) in [4.78, 5) is 38.5. The zero-order chi connectivity index (χ0) is 15.4. The first-order valence-electron chi connectivity index (χ1n) is 6.90. The Kier molecular flexibility index (Phi) is 4.62. The summed E-state index contributed by atoms with van der Waals surface area (Å²) >= 11 is 0. The summed E-state index contributed by atoms with van der Waals surface area (Å²) in [6.07, 6.45) is 1.19. The number of hydrogen-bond acceptors (Lipinski definition) is 4. The van der Waals surface area contributed by atoms with E-state index in [-0.39, 0.29) is 17.6 Å². The van der Waals surface area contributed by atoms with E-state index in [1.54, 1.807) is 23.8 Å². The number of carbonyl (C=O) groups excluding carboxylic acids is 2. The Hall–Kier alpha value is -2.31. The van der Waals surface area contributed by atoms with E-state index in [9.17, 15) is 14.4 Å². The molecule has 0 spiro atoms. The van der Waals surface area contributed by atoms with Crippen molar-refractivity contribution >= 4 is 12.0 Å². The number of nitrogens with zero attached hydrogens (tertiary/aromatic N) is 3. The SMILES string of the molecule is CCOC(=O)N1CCN(C(=O)c2ccc(=O)n(C)c2)CC1. The highest BCUT2D eigenvalue weighted by Gasteiger charge is 2.25. The number of carbonyl (C=O) groups is 2. The van der Waals surface area contributed by atoms with Crippen LogP contribution >= 0.6 is 0 Å². The summed E-state index contributed by atoms with van der Waals surface area (Å²) in [5.41, 5.74) is 0.320. The lowest BCUT2D eigenvalue weighted by molar-refractivity contribution is 0.0570. The topological polar surface area (TPSA) is 71.8 Å². The van der Waals surface area contributed by atoms with E-state index < -0.39 is 0 Å². The first kappa shape index (κ1) is 15.1. The van der Waals surface area contributed by atoms with Crippen molar-refractivity contribution in [3.8, 4) is 0 Å². The van der Waals surface area contributed by atoms with Crippen molar-refractivity contribution in [3.63, 3.8) is 0 Å². The van der Waals surface area contributed by atoms with E-state index in [0.717, 1.165) is 0 Å². The fourth-order valence-electron chi connectivity index (χ4n) is 2.21. The van der Waals surface area contributed by atoms with Crippen LogP contribution in [0.15, 0.2) is 23.1 Å². The highest BCUT2D eigenvalue weighted by molar-refractivity contribution is 5.94. The maximum Gasteiger partial charge on any atom is 0.409 e. The summed E-state index contributed by atoms with van der Waals surface area (Å²) in [6, 6.07) is 2.91. The molecular weight excluding hydrogens is 274 g/mol. The minimum Gasteiger partial charge on any atom is -0.450 e. The second kappa shape index (κ2) is 6.43. The number of aryl methyl sites for hydroxylation is 1. The predicted molar refractivity (Wildman–Crippen MR) is 76.2 cm³/mol. The van der Waals surface area contributed by atoms with Gasteiger partial charge in [-0.15, -0.1) is 0 Å². The first-order valence-corrected chi connectivity index (χ1v) is 6.90. The maximum atomic E-state index is 12.3. The van der Waals surface area contributed by atoms with E-state index in [0.29, 0.717) is 38.3 Å². The van der Waals surface area contributed by atoms with Crippen molar-refractivity contribution in [3.05, 3.63) is 34.2 Å². The van der Waals surface area contributed by atoms with Gasteiger partial charge in [-0.25, -0.2) is 4.79 Å². The van der Waals surface area contributed by atoms with Gasteiger partial charge in [-0.1, -0.05) is 0 Å². The number of rotatable bonds is 2. The third-order valence-corrected chi connectivity index (χ3v) is 3.43. The van der Waals surface area contributed by atoms with Gasteiger partial charge in [0, 0.05) is 45.5 Å². The van der Waals surface area contributed by atoms with Crippen molar-refractivity contribution in [2.45, 2.75) is 6.92 Å². The molecule has 0 atom stereocenters. The molecule has 7 nitrogen and oxygen atoms in total. The van der Waals surface area contributed by atoms with E-state index in [1.807, 2.05) is 0 Å². The molecule has 1 saturated heterocycles. The highest BCUT2D eigenvalue weighted by atomic mass is 16.6. The maximum absolute atomic E-state index is 12.3. The van der Waals surface area contributed by atoms with Crippen molar-refractivity contribution in [2.75, 3.05) is 32.8 Å². The molecule has 0 radical (unpaired) electrons. The minimum absolute atomic E-state index is 0.130. The van der Waals surface area contributed by atoms with Crippen LogP contribution in [0.25, 0.3) is 0 Å². The van der Waals surface area contributed by atoms with Crippen LogP contribution in [0, 0.1) is 0 Å². The highest BCUT2D eigenvalue weighted by Crippen LogP contribution is 2.08. The van der Waals surface area contributed by atoms with Crippen LogP contribution in [-0.2, 0) is 11.8 Å². The van der Waals surface area contributed by atoms with Gasteiger partial charge in [0.15, 0.2) is 0 Å². The van der Waals surface area contributed by atoms with Gasteiger partial charge in [0.1, 0.15) is 0 Å². The molecule has 0 N–H and O–H groups in total. The molecule has 2 amide bonds. The Balaban J connectivity index is 1.98. The lowest BCUT2D eigenvalue weighted by Gasteiger charge is -2.34. The number of pyridine rings is 1. The largest absolute Gasteiger partial charge is 0.450 e. The van der Waals surface area contributed by atoms with Crippen LogP contribution in [0.4, 0.5) is 4.79 Å². The molecule has 2 heterocycles. The molecule has 0 bridgehead atoms. The van der Waals surface area contributed by atoms with Gasteiger partial charge >= 0.3 is 6.09 Å². The molecule has 1 aliphatic heterocycles. The second-order valence-corrected chi connectivity index (χ2v) is 4.85. The number of piperazine rings is 1. The lowest BCUT2D eigenvalue weighted by atomic mass is 10.2. The predicted octanol–water partition coefficient (Wildman–Crippen LogP) is 0.300. The van der Waals surface area contributed by atoms with Crippen LogP contribution in [-0.4, -0.2) is 59.2 Å². The molecule has 0 unspecified atom stereocenters. The summed E-state index contributed by atoms with van der Waals surface area (Å²) in [5, 5.41) is 0. The van der Waals surface area contributed by atoms with Gasteiger partial charge < -0.3 is 19.1 Å². The fourth-order valence-corrected chi connectivity index (χ4v) is 2.21. The van der Waals surface area contributed by atoms with Crippen molar-refractivity contribution in [1.82, 2.24) is 14.4 Å². The number of ether oxygens (including phenoxy) is 1. The summed E-state index contributed by atoms with van der Waals surface area (Å²) in [6.45, 7) is 3.93. The Labute approximate surface area is 122 Å². The van der Waals surface area contributed by atoms with Crippen LogP contribution < -0.4 is 5.56 Å². The second-order valence-electron chi connectivity index (χ2n) is 4.85. The first-order chi connectivity index (χ1) is 10.0. The van der Waals surface area contributed by atoms with Gasteiger partial charge in [-0.2, -0.15) is 0 Å². The number of amides is 2. The van der Waals surface area contributed by atoms with Crippen LogP contribution in [0.2, 0.25) is 0 Å². The van der Waals surface area contributed by atoms with Crippen molar-refractivity contribution in [1.29, 1.82) is 0 Å². The van der Waals surface area contributed by atoms with E-state index in [4.69, 9.17) is 4.74 Å². The normalized spacial score (nSPS) is 15.0. The average Bonchev–Trinajstić information content (AvgIpc) is 2.50. The zero-order valence-corrected chi connectivity index (χ0v) is 12.2. The smallest absolute Gasteiger partial charge is 0.409 e. The lowest BCUT2D eigenvalue weighted by Crippen LogP contribution is -2.50. The molecule has 1 aromatic rings. The summed E-state index contributed by atoms with van der Waals surface area (Å²) < 4.78 is 6.31. The quantitative estimate of drug-likeness (QED) is 0.786. The standard InChI is InChI=1S/C14H19N3O4/c1-3-21-14(20)17-8-6-16(7-9-17)13(19)11-4-5-12(18)15(2)10-11/h4-5,10H,3,6-9H2,1-2H3. The third kappa shape index (κ3) is 3.42. The molecule has 114 valence electrons. The Bertz CT molecular complexity index is 588. The van der Waals surface area contributed by atoms with Gasteiger partial charge in [0.2, 0.25) is 5.56 Å². The summed E-state index contributed by atoms with van der Waals surface area (Å²) in [5.74, 6) is -0.130. The zero-order valence-electron chi connectivity index (χ0n) is 12.2. The molecular formula is C14H19N3O4. The van der Waals surface area contributed by atoms with Gasteiger partial charge in [0.05, 0.1) is 12.2 Å². The number of hydrogen-bond donors (Lipinski definition) is 0. The molecule has 0 aromatic carbocycles. The fraction of sp³-hybridized carbons (Fsp3) is 0.500. The van der Waals surface area contributed by atoms with Crippen LogP contribution in [0.3, 0.4) is 0 Å². The minimum atomic E-state index is -0.341. The molecule has 7 heteroatoms. The Morgan fingerprint density at radius 1 is 1.14 bits per heavy atom. The molecule has 2 rings (SSSR count). The molecule has 1 aliphatic rings. The third-order valence-electron chi connectivity index (χ3n) is 3.43. The Morgan fingerprint density at radius 2 is 1.76 bits per heavy atom. The van der Waals surface area contributed by atoms with E-state index in [2.05, 4.69) is 0 Å². The van der Waals surface area contributed by atoms with Gasteiger partial charge in [-0.05, 0) is 13.0 Å². The van der Waals surface area contributed by atoms with E-state index in [1.165, 1.54) is 22.9 Å². The van der Waals surface area contributed by atoms with Crippen LogP contribution in [0.1, 0.15) is 17.3 Å². The molecule has 0 aliphatic carbocycles. The molecule has 1 fully saturated rings. The van der Waals surface area contributed by atoms with Crippen molar-refractivity contribution < 1.29 is 14.3 Å². The van der Waals surface area contributed by atoms with Gasteiger partial charge in [0.25, 0.3) is 5.91 Å². The molecule has 21 heavy (non-hydrogen) atoms.